The SMILES string of the molecule is C=C1[C@H](c2ccccc2)O[C@@H](C(=O)c2ccccc2)C1(C(=O)OCC)C(=O)OCC. The van der Waals surface area contributed by atoms with E-state index in [-0.39, 0.29) is 18.8 Å². The molecule has 0 amide bonds. The van der Waals surface area contributed by atoms with Crippen LogP contribution in [0.4, 0.5) is 0 Å². The molecule has 6 heteroatoms. The molecule has 2 aromatic carbocycles. The predicted octanol–water partition coefficient (Wildman–Crippen LogP) is 3.68. The van der Waals surface area contributed by atoms with Gasteiger partial charge in [-0.25, -0.2) is 0 Å². The van der Waals surface area contributed by atoms with Gasteiger partial charge in [0.1, 0.15) is 6.10 Å². The van der Waals surface area contributed by atoms with Crippen LogP contribution in [0.15, 0.2) is 72.8 Å². The quantitative estimate of drug-likeness (QED) is 0.301. The van der Waals surface area contributed by atoms with Crippen LogP contribution in [0.1, 0.15) is 35.9 Å². The molecule has 6 nitrogen and oxygen atoms in total. The number of benzene rings is 2. The van der Waals surface area contributed by atoms with Gasteiger partial charge in [0, 0.05) is 5.56 Å². The van der Waals surface area contributed by atoms with Gasteiger partial charge in [0.15, 0.2) is 11.9 Å². The summed E-state index contributed by atoms with van der Waals surface area (Å²) >= 11 is 0. The lowest BCUT2D eigenvalue weighted by molar-refractivity contribution is -0.172. The second-order valence-electron chi connectivity index (χ2n) is 6.81. The summed E-state index contributed by atoms with van der Waals surface area (Å²) in [5.41, 5.74) is -0.995. The van der Waals surface area contributed by atoms with E-state index in [4.69, 9.17) is 14.2 Å². The minimum absolute atomic E-state index is 0.0233. The first-order chi connectivity index (χ1) is 14.5. The summed E-state index contributed by atoms with van der Waals surface area (Å²) in [4.78, 5) is 39.8. The molecule has 1 saturated heterocycles. The number of Topliss-reactive ketones (excluding diaryl/α,β-unsaturated/α-hetero) is 1. The summed E-state index contributed by atoms with van der Waals surface area (Å²) in [7, 11) is 0. The zero-order valence-electron chi connectivity index (χ0n) is 17.0. The van der Waals surface area contributed by atoms with E-state index in [0.717, 1.165) is 0 Å². The third-order valence-electron chi connectivity index (χ3n) is 5.08. The monoisotopic (exact) mass is 408 g/mol. The number of rotatable bonds is 7. The number of ketones is 1. The maximum Gasteiger partial charge on any atom is 0.331 e. The minimum atomic E-state index is -2.10. The van der Waals surface area contributed by atoms with Gasteiger partial charge in [-0.3, -0.25) is 14.4 Å². The fraction of sp³-hybridized carbons (Fsp3) is 0.292. The summed E-state index contributed by atoms with van der Waals surface area (Å²) in [5.74, 6) is -2.32. The molecule has 0 bridgehead atoms. The van der Waals surface area contributed by atoms with Crippen LogP contribution in [0, 0.1) is 5.41 Å². The van der Waals surface area contributed by atoms with E-state index in [1.165, 1.54) is 0 Å². The molecule has 0 N–H and O–H groups in total. The first kappa shape index (κ1) is 21.5. The summed E-state index contributed by atoms with van der Waals surface area (Å²) in [6.45, 7) is 7.31. The van der Waals surface area contributed by atoms with Crippen LogP contribution in [0.25, 0.3) is 0 Å². The smallest absolute Gasteiger partial charge is 0.331 e. The Morgan fingerprint density at radius 2 is 1.40 bits per heavy atom. The van der Waals surface area contributed by atoms with Crippen LogP contribution in [-0.4, -0.2) is 37.0 Å². The van der Waals surface area contributed by atoms with Crippen molar-refractivity contribution in [3.05, 3.63) is 83.9 Å². The normalized spacial score (nSPS) is 19.9. The largest absolute Gasteiger partial charge is 0.465 e. The maximum atomic E-state index is 13.4. The summed E-state index contributed by atoms with van der Waals surface area (Å²) in [6, 6.07) is 17.4. The maximum absolute atomic E-state index is 13.4. The molecule has 156 valence electrons. The van der Waals surface area contributed by atoms with E-state index < -0.39 is 35.3 Å². The van der Waals surface area contributed by atoms with Crippen molar-refractivity contribution in [2.75, 3.05) is 13.2 Å². The minimum Gasteiger partial charge on any atom is -0.465 e. The molecule has 0 unspecified atom stereocenters. The fourth-order valence-electron chi connectivity index (χ4n) is 3.66. The molecule has 0 aliphatic carbocycles. The number of hydrogen-bond donors (Lipinski definition) is 0. The molecule has 0 radical (unpaired) electrons. The topological polar surface area (TPSA) is 78.9 Å². The number of ether oxygens (including phenoxy) is 3. The lowest BCUT2D eigenvalue weighted by atomic mass is 9.73. The Morgan fingerprint density at radius 1 is 0.900 bits per heavy atom. The van der Waals surface area contributed by atoms with Gasteiger partial charge in [-0.1, -0.05) is 67.2 Å². The number of esters is 2. The van der Waals surface area contributed by atoms with Crippen LogP contribution < -0.4 is 0 Å². The molecule has 1 aliphatic rings. The Labute approximate surface area is 175 Å². The van der Waals surface area contributed by atoms with Crippen LogP contribution in [0.2, 0.25) is 0 Å². The van der Waals surface area contributed by atoms with E-state index in [2.05, 4.69) is 6.58 Å². The van der Waals surface area contributed by atoms with Crippen molar-refractivity contribution in [2.45, 2.75) is 26.1 Å². The second kappa shape index (κ2) is 9.05. The summed E-state index contributed by atoms with van der Waals surface area (Å²) in [5, 5.41) is 0. The van der Waals surface area contributed by atoms with Crippen molar-refractivity contribution in [2.24, 2.45) is 5.41 Å². The molecule has 30 heavy (non-hydrogen) atoms. The van der Waals surface area contributed by atoms with Crippen LogP contribution in [0.5, 0.6) is 0 Å². The first-order valence-electron chi connectivity index (χ1n) is 9.81. The summed E-state index contributed by atoms with van der Waals surface area (Å²) < 4.78 is 16.5. The van der Waals surface area contributed by atoms with Crippen LogP contribution in [0.3, 0.4) is 0 Å². The van der Waals surface area contributed by atoms with E-state index in [1.54, 1.807) is 68.4 Å². The molecule has 3 rings (SSSR count). The average Bonchev–Trinajstić information content (AvgIpc) is 3.08. The molecule has 2 aromatic rings. The van der Waals surface area contributed by atoms with Gasteiger partial charge in [-0.15, -0.1) is 0 Å². The third-order valence-corrected chi connectivity index (χ3v) is 5.08. The highest BCUT2D eigenvalue weighted by molar-refractivity contribution is 6.13. The molecule has 1 heterocycles. The summed E-state index contributed by atoms with van der Waals surface area (Å²) in [6.07, 6.45) is -2.31. The molecule has 0 saturated carbocycles. The first-order valence-corrected chi connectivity index (χ1v) is 9.81. The molecular weight excluding hydrogens is 384 g/mol. The number of carbonyl (C=O) groups is 3. The highest BCUT2D eigenvalue weighted by Gasteiger charge is 2.67. The molecule has 1 fully saturated rings. The predicted molar refractivity (Wildman–Crippen MR) is 110 cm³/mol. The van der Waals surface area contributed by atoms with E-state index in [0.29, 0.717) is 11.1 Å². The van der Waals surface area contributed by atoms with Crippen LogP contribution in [-0.2, 0) is 23.8 Å². The van der Waals surface area contributed by atoms with Gasteiger partial charge in [0.05, 0.1) is 13.2 Å². The zero-order chi connectivity index (χ0) is 21.7. The lowest BCUT2D eigenvalue weighted by Gasteiger charge is -2.29. The lowest BCUT2D eigenvalue weighted by Crippen LogP contribution is -2.52. The average molecular weight is 408 g/mol. The van der Waals surface area contributed by atoms with Gasteiger partial charge >= 0.3 is 11.9 Å². The Balaban J connectivity index is 2.18. The van der Waals surface area contributed by atoms with Crippen molar-refractivity contribution < 1.29 is 28.6 Å². The third kappa shape index (κ3) is 3.55. The van der Waals surface area contributed by atoms with Gasteiger partial charge in [-0.05, 0) is 25.0 Å². The van der Waals surface area contributed by atoms with Crippen LogP contribution >= 0.6 is 0 Å². The van der Waals surface area contributed by atoms with Gasteiger partial charge in [-0.2, -0.15) is 0 Å². The second-order valence-corrected chi connectivity index (χ2v) is 6.81. The number of hydrogen-bond acceptors (Lipinski definition) is 6. The Morgan fingerprint density at radius 3 is 1.90 bits per heavy atom. The molecular formula is C24H24O6. The van der Waals surface area contributed by atoms with E-state index in [9.17, 15) is 14.4 Å². The van der Waals surface area contributed by atoms with E-state index >= 15 is 0 Å². The Hall–Kier alpha value is -3.25. The highest BCUT2D eigenvalue weighted by atomic mass is 16.6. The van der Waals surface area contributed by atoms with Crippen molar-refractivity contribution in [1.29, 1.82) is 0 Å². The molecule has 0 spiro atoms. The standard InChI is InChI=1S/C24H24O6/c1-4-28-22(26)24(23(27)29-5-2)16(3)20(18-14-10-7-11-15-18)30-21(24)19(25)17-12-8-6-9-13-17/h6-15,20-21H,3-5H2,1-2H3/t20-,21+/m1/s1. The molecule has 2 atom stereocenters. The van der Waals surface area contributed by atoms with Crippen molar-refractivity contribution in [1.82, 2.24) is 0 Å². The van der Waals surface area contributed by atoms with Gasteiger partial charge in [0.2, 0.25) is 5.41 Å². The van der Waals surface area contributed by atoms with E-state index in [1.807, 2.05) is 6.07 Å². The van der Waals surface area contributed by atoms with Crippen molar-refractivity contribution >= 4 is 17.7 Å². The fourth-order valence-corrected chi connectivity index (χ4v) is 3.66. The van der Waals surface area contributed by atoms with Gasteiger partial charge < -0.3 is 14.2 Å². The molecule has 0 aromatic heterocycles. The highest BCUT2D eigenvalue weighted by Crippen LogP contribution is 2.52. The van der Waals surface area contributed by atoms with Crippen molar-refractivity contribution in [3.63, 3.8) is 0 Å². The van der Waals surface area contributed by atoms with Gasteiger partial charge in [0.25, 0.3) is 0 Å². The Kier molecular flexibility index (Phi) is 6.47. The van der Waals surface area contributed by atoms with Crippen molar-refractivity contribution in [3.8, 4) is 0 Å². The molecule has 1 aliphatic heterocycles. The zero-order valence-corrected chi connectivity index (χ0v) is 17.0. The Bertz CT molecular complexity index is 917. The number of carbonyl (C=O) groups excluding carboxylic acids is 3.